The first-order chi connectivity index (χ1) is 11.1. The lowest BCUT2D eigenvalue weighted by Gasteiger charge is -2.48. The number of benzene rings is 1. The summed E-state index contributed by atoms with van der Waals surface area (Å²) in [6, 6.07) is 6.46. The molecule has 126 valence electrons. The van der Waals surface area contributed by atoms with Gasteiger partial charge < -0.3 is 14.4 Å². The van der Waals surface area contributed by atoms with Gasteiger partial charge in [0, 0.05) is 26.8 Å². The quantitative estimate of drug-likeness (QED) is 0.859. The minimum atomic E-state index is -0.315. The van der Waals surface area contributed by atoms with Gasteiger partial charge in [-0.25, -0.2) is 4.39 Å². The van der Waals surface area contributed by atoms with E-state index in [0.29, 0.717) is 18.7 Å². The molecule has 0 radical (unpaired) electrons. The fourth-order valence-electron chi connectivity index (χ4n) is 3.75. The number of carbonyl (C=O) groups excluding carboxylic acids is 1. The molecule has 2 heterocycles. The molecule has 1 amide bonds. The average molecular weight is 321 g/mol. The number of halogens is 1. The van der Waals surface area contributed by atoms with Crippen LogP contribution in [0.3, 0.4) is 0 Å². The Morgan fingerprint density at radius 3 is 2.83 bits per heavy atom. The lowest BCUT2D eigenvalue weighted by molar-refractivity contribution is -0.188. The van der Waals surface area contributed by atoms with Crippen LogP contribution in [0.5, 0.6) is 0 Å². The predicted octanol–water partition coefficient (Wildman–Crippen LogP) is 2.55. The molecule has 1 aromatic rings. The third-order valence-corrected chi connectivity index (χ3v) is 5.13. The van der Waals surface area contributed by atoms with E-state index in [1.54, 1.807) is 25.3 Å². The summed E-state index contributed by atoms with van der Waals surface area (Å²) >= 11 is 0. The van der Waals surface area contributed by atoms with Crippen LogP contribution in [0.2, 0.25) is 0 Å². The molecule has 4 nitrogen and oxygen atoms in total. The zero-order valence-electron chi connectivity index (χ0n) is 13.6. The Hall–Kier alpha value is -1.46. The maximum atomic E-state index is 13.7. The highest BCUT2D eigenvalue weighted by Gasteiger charge is 2.45. The Labute approximate surface area is 136 Å². The number of rotatable bonds is 3. The Balaban J connectivity index is 1.60. The lowest BCUT2D eigenvalue weighted by atomic mass is 9.81. The van der Waals surface area contributed by atoms with Gasteiger partial charge in [-0.2, -0.15) is 0 Å². The van der Waals surface area contributed by atoms with Crippen molar-refractivity contribution in [3.05, 3.63) is 35.6 Å². The average Bonchev–Trinajstić information content (AvgIpc) is 2.58. The third-order valence-electron chi connectivity index (χ3n) is 5.13. The summed E-state index contributed by atoms with van der Waals surface area (Å²) in [6.45, 7) is 2.06. The van der Waals surface area contributed by atoms with Crippen molar-refractivity contribution in [3.63, 3.8) is 0 Å². The van der Waals surface area contributed by atoms with Gasteiger partial charge in [0.1, 0.15) is 5.82 Å². The highest BCUT2D eigenvalue weighted by atomic mass is 19.1. The highest BCUT2D eigenvalue weighted by Crippen LogP contribution is 2.36. The topological polar surface area (TPSA) is 38.8 Å². The maximum absolute atomic E-state index is 13.7. The van der Waals surface area contributed by atoms with Crippen molar-refractivity contribution in [3.8, 4) is 0 Å². The van der Waals surface area contributed by atoms with E-state index in [1.165, 1.54) is 6.07 Å². The molecule has 23 heavy (non-hydrogen) atoms. The summed E-state index contributed by atoms with van der Waals surface area (Å²) in [5.41, 5.74) is 0.211. The van der Waals surface area contributed by atoms with Crippen molar-refractivity contribution < 1.29 is 18.7 Å². The number of carbonyl (C=O) groups is 1. The monoisotopic (exact) mass is 321 g/mol. The second-order valence-electron chi connectivity index (χ2n) is 6.43. The molecule has 0 N–H and O–H groups in total. The molecule has 0 unspecified atom stereocenters. The van der Waals surface area contributed by atoms with Crippen LogP contribution in [0, 0.1) is 5.82 Å². The number of piperidine rings is 1. The fraction of sp³-hybridized carbons (Fsp3) is 0.611. The molecule has 2 fully saturated rings. The van der Waals surface area contributed by atoms with Gasteiger partial charge in [-0.1, -0.05) is 18.2 Å². The van der Waals surface area contributed by atoms with Crippen molar-refractivity contribution in [2.24, 2.45) is 0 Å². The van der Waals surface area contributed by atoms with Crippen LogP contribution in [0.25, 0.3) is 0 Å². The highest BCUT2D eigenvalue weighted by molar-refractivity contribution is 5.79. The van der Waals surface area contributed by atoms with Crippen molar-refractivity contribution in [2.75, 3.05) is 26.8 Å². The molecular weight excluding hydrogens is 297 g/mol. The Morgan fingerprint density at radius 2 is 2.13 bits per heavy atom. The summed E-state index contributed by atoms with van der Waals surface area (Å²) in [5, 5.41) is 0. The van der Waals surface area contributed by atoms with Gasteiger partial charge in [-0.3, -0.25) is 4.79 Å². The van der Waals surface area contributed by atoms with Gasteiger partial charge >= 0.3 is 0 Å². The van der Waals surface area contributed by atoms with Gasteiger partial charge in [-0.05, 0) is 37.3 Å². The number of ether oxygens (including phenoxy) is 2. The number of hydrogen-bond acceptors (Lipinski definition) is 3. The van der Waals surface area contributed by atoms with Crippen LogP contribution in [-0.4, -0.2) is 49.3 Å². The smallest absolute Gasteiger partial charge is 0.227 e. The largest absolute Gasteiger partial charge is 0.378 e. The molecule has 0 saturated carbocycles. The maximum Gasteiger partial charge on any atom is 0.227 e. The zero-order chi connectivity index (χ0) is 16.3. The van der Waals surface area contributed by atoms with Crippen LogP contribution in [0.1, 0.15) is 31.2 Å². The molecular formula is C18H24FNO3. The van der Waals surface area contributed by atoms with E-state index in [0.717, 1.165) is 32.3 Å². The Kier molecular flexibility index (Phi) is 4.97. The zero-order valence-corrected chi connectivity index (χ0v) is 13.6. The van der Waals surface area contributed by atoms with Gasteiger partial charge in [0.15, 0.2) is 0 Å². The van der Waals surface area contributed by atoms with Gasteiger partial charge in [-0.15, -0.1) is 0 Å². The number of hydrogen-bond donors (Lipinski definition) is 0. The second kappa shape index (κ2) is 6.97. The van der Waals surface area contributed by atoms with E-state index in [1.807, 2.05) is 4.90 Å². The molecule has 1 spiro atoms. The normalized spacial score (nSPS) is 23.9. The van der Waals surface area contributed by atoms with Crippen LogP contribution in [-0.2, 0) is 20.7 Å². The van der Waals surface area contributed by atoms with E-state index in [-0.39, 0.29) is 29.9 Å². The van der Waals surface area contributed by atoms with Gasteiger partial charge in [0.2, 0.25) is 5.91 Å². The van der Waals surface area contributed by atoms with E-state index in [2.05, 4.69) is 0 Å². The van der Waals surface area contributed by atoms with Gasteiger partial charge in [0.05, 0.1) is 18.1 Å². The standard InChI is InChI=1S/C18H24FNO3/c1-22-16-7-4-12-23-18(16)8-10-20(11-9-18)17(21)13-14-5-2-3-6-15(14)19/h2-3,5-6,16H,4,7-13H2,1H3/t16-/m1/s1. The van der Waals surface area contributed by atoms with Crippen molar-refractivity contribution in [1.82, 2.24) is 4.90 Å². The lowest BCUT2D eigenvalue weighted by Crippen LogP contribution is -2.56. The molecule has 1 aromatic carbocycles. The SMILES string of the molecule is CO[C@@H]1CCCOC12CCN(C(=O)Cc1ccccc1F)CC2. The predicted molar refractivity (Wildman–Crippen MR) is 84.6 cm³/mol. The van der Waals surface area contributed by atoms with Crippen molar-refractivity contribution >= 4 is 5.91 Å². The first kappa shape index (κ1) is 16.4. The molecule has 2 saturated heterocycles. The summed E-state index contributed by atoms with van der Waals surface area (Å²) in [6.07, 6.45) is 3.84. The second-order valence-corrected chi connectivity index (χ2v) is 6.43. The molecule has 5 heteroatoms. The molecule has 0 bridgehead atoms. The van der Waals surface area contributed by atoms with Gasteiger partial charge in [0.25, 0.3) is 0 Å². The van der Waals surface area contributed by atoms with Crippen LogP contribution >= 0.6 is 0 Å². The summed E-state index contributed by atoms with van der Waals surface area (Å²) < 4.78 is 25.4. The third kappa shape index (κ3) is 3.40. The molecule has 3 rings (SSSR count). The molecule has 0 aliphatic carbocycles. The van der Waals surface area contributed by atoms with E-state index in [4.69, 9.17) is 9.47 Å². The minimum Gasteiger partial charge on any atom is -0.378 e. The van der Waals surface area contributed by atoms with E-state index >= 15 is 0 Å². The number of methoxy groups -OCH3 is 1. The van der Waals surface area contributed by atoms with Crippen molar-refractivity contribution in [1.29, 1.82) is 0 Å². The van der Waals surface area contributed by atoms with Crippen LogP contribution < -0.4 is 0 Å². The molecule has 2 aliphatic heterocycles. The van der Waals surface area contributed by atoms with E-state index in [9.17, 15) is 9.18 Å². The first-order valence-corrected chi connectivity index (χ1v) is 8.32. The molecule has 1 atom stereocenters. The Morgan fingerprint density at radius 1 is 1.39 bits per heavy atom. The minimum absolute atomic E-state index is 0.0188. The molecule has 2 aliphatic rings. The fourth-order valence-corrected chi connectivity index (χ4v) is 3.75. The van der Waals surface area contributed by atoms with Crippen molar-refractivity contribution in [2.45, 2.75) is 43.8 Å². The summed E-state index contributed by atoms with van der Waals surface area (Å²) in [5.74, 6) is -0.334. The number of likely N-dealkylation sites (tertiary alicyclic amines) is 1. The number of nitrogens with zero attached hydrogens (tertiary/aromatic N) is 1. The first-order valence-electron chi connectivity index (χ1n) is 8.32. The summed E-state index contributed by atoms with van der Waals surface area (Å²) in [7, 11) is 1.73. The number of amides is 1. The van der Waals surface area contributed by atoms with Crippen LogP contribution in [0.4, 0.5) is 4.39 Å². The molecule has 0 aromatic heterocycles. The summed E-state index contributed by atoms with van der Waals surface area (Å²) in [4.78, 5) is 14.3. The van der Waals surface area contributed by atoms with Crippen LogP contribution in [0.15, 0.2) is 24.3 Å². The Bertz CT molecular complexity index is 555. The van der Waals surface area contributed by atoms with E-state index < -0.39 is 0 Å².